The predicted octanol–water partition coefficient (Wildman–Crippen LogP) is 2.87. The van der Waals surface area contributed by atoms with Gasteiger partial charge in [0.05, 0.1) is 6.10 Å². The molecule has 1 rings (SSSR count). The fourth-order valence-corrected chi connectivity index (χ4v) is 1.70. The molecule has 0 radical (unpaired) electrons. The highest BCUT2D eigenvalue weighted by Crippen LogP contribution is 2.22. The number of carbonyl (C=O) groups excluding carboxylic acids is 1. The van der Waals surface area contributed by atoms with Crippen LogP contribution in [-0.2, 0) is 4.79 Å². The van der Waals surface area contributed by atoms with Crippen LogP contribution in [0, 0.1) is 12.3 Å². The Balaban J connectivity index is 2.52. The third kappa shape index (κ3) is 4.60. The number of benzene rings is 1. The summed E-state index contributed by atoms with van der Waals surface area (Å²) in [7, 11) is 0. The van der Waals surface area contributed by atoms with Crippen LogP contribution < -0.4 is 5.32 Å². The fourth-order valence-electron chi connectivity index (χ4n) is 1.70. The molecule has 96 valence electrons. The first-order valence-corrected chi connectivity index (χ1v) is 6.15. The zero-order chi connectivity index (χ0) is 13.4. The summed E-state index contributed by atoms with van der Waals surface area (Å²) in [5.74, 6) is 2.51. The molecular weight excluding hydrogens is 226 g/mol. The SMILES string of the molecule is C#CCCCCC(=O)Nc1ccccc1C(C)O. The summed E-state index contributed by atoms with van der Waals surface area (Å²) in [4.78, 5) is 11.7. The van der Waals surface area contributed by atoms with Gasteiger partial charge in [-0.05, 0) is 25.8 Å². The Morgan fingerprint density at radius 1 is 1.44 bits per heavy atom. The van der Waals surface area contributed by atoms with Crippen molar-refractivity contribution >= 4 is 11.6 Å². The van der Waals surface area contributed by atoms with Gasteiger partial charge < -0.3 is 10.4 Å². The summed E-state index contributed by atoms with van der Waals surface area (Å²) in [5, 5.41) is 12.4. The Bertz CT molecular complexity index is 432. The van der Waals surface area contributed by atoms with Crippen LogP contribution in [0.25, 0.3) is 0 Å². The van der Waals surface area contributed by atoms with Crippen LogP contribution in [0.2, 0.25) is 0 Å². The second-order valence-corrected chi connectivity index (χ2v) is 4.22. The zero-order valence-corrected chi connectivity index (χ0v) is 10.6. The van der Waals surface area contributed by atoms with Crippen LogP contribution in [0.1, 0.15) is 44.3 Å². The van der Waals surface area contributed by atoms with Crippen molar-refractivity contribution in [2.45, 2.75) is 38.7 Å². The molecule has 0 saturated heterocycles. The number of terminal acetylenes is 1. The standard InChI is InChI=1S/C15H19NO2/c1-3-4-5-6-11-15(18)16-14-10-8-7-9-13(14)12(2)17/h1,7-10,12,17H,4-6,11H2,2H3,(H,16,18). The molecule has 1 aromatic rings. The summed E-state index contributed by atoms with van der Waals surface area (Å²) < 4.78 is 0. The van der Waals surface area contributed by atoms with E-state index in [1.54, 1.807) is 19.1 Å². The summed E-state index contributed by atoms with van der Waals surface area (Å²) in [5.41, 5.74) is 1.41. The summed E-state index contributed by atoms with van der Waals surface area (Å²) >= 11 is 0. The maximum Gasteiger partial charge on any atom is 0.224 e. The van der Waals surface area contributed by atoms with E-state index in [0.29, 0.717) is 18.5 Å². The molecule has 1 unspecified atom stereocenters. The Hall–Kier alpha value is -1.79. The lowest BCUT2D eigenvalue weighted by molar-refractivity contribution is -0.116. The minimum absolute atomic E-state index is 0.0416. The van der Waals surface area contributed by atoms with Crippen LogP contribution in [-0.4, -0.2) is 11.0 Å². The third-order valence-electron chi connectivity index (χ3n) is 2.66. The summed E-state index contributed by atoms with van der Waals surface area (Å²) in [6.07, 6.45) is 7.36. The molecule has 1 amide bonds. The van der Waals surface area contributed by atoms with Gasteiger partial charge in [0.15, 0.2) is 0 Å². The second kappa shape index (κ2) is 7.52. The molecule has 0 bridgehead atoms. The van der Waals surface area contributed by atoms with Crippen molar-refractivity contribution in [2.24, 2.45) is 0 Å². The van der Waals surface area contributed by atoms with Gasteiger partial charge in [0.2, 0.25) is 5.91 Å². The minimum Gasteiger partial charge on any atom is -0.389 e. The normalized spacial score (nSPS) is 11.6. The number of unbranched alkanes of at least 4 members (excludes halogenated alkanes) is 2. The van der Waals surface area contributed by atoms with Gasteiger partial charge in [-0.15, -0.1) is 12.3 Å². The number of hydrogen-bond donors (Lipinski definition) is 2. The Labute approximate surface area is 108 Å². The first-order chi connectivity index (χ1) is 8.65. The van der Waals surface area contributed by atoms with Gasteiger partial charge in [-0.2, -0.15) is 0 Å². The largest absolute Gasteiger partial charge is 0.389 e. The quantitative estimate of drug-likeness (QED) is 0.598. The van der Waals surface area contributed by atoms with Crippen molar-refractivity contribution in [1.29, 1.82) is 0 Å². The van der Waals surface area contributed by atoms with E-state index in [-0.39, 0.29) is 5.91 Å². The topological polar surface area (TPSA) is 49.3 Å². The first kappa shape index (κ1) is 14.3. The van der Waals surface area contributed by atoms with Crippen LogP contribution in [0.15, 0.2) is 24.3 Å². The highest BCUT2D eigenvalue weighted by Gasteiger charge is 2.09. The van der Waals surface area contributed by atoms with E-state index in [2.05, 4.69) is 11.2 Å². The first-order valence-electron chi connectivity index (χ1n) is 6.15. The van der Waals surface area contributed by atoms with Crippen molar-refractivity contribution in [3.8, 4) is 12.3 Å². The van der Waals surface area contributed by atoms with Gasteiger partial charge in [-0.25, -0.2) is 0 Å². The molecule has 0 aliphatic heterocycles. The summed E-state index contributed by atoms with van der Waals surface area (Å²) in [6, 6.07) is 7.27. The van der Waals surface area contributed by atoms with Gasteiger partial charge in [0.25, 0.3) is 0 Å². The molecule has 1 aromatic carbocycles. The molecule has 3 heteroatoms. The Morgan fingerprint density at radius 3 is 2.83 bits per heavy atom. The molecule has 18 heavy (non-hydrogen) atoms. The molecule has 0 aliphatic rings. The van der Waals surface area contributed by atoms with Crippen molar-refractivity contribution in [3.63, 3.8) is 0 Å². The number of aliphatic hydroxyl groups excluding tert-OH is 1. The van der Waals surface area contributed by atoms with Crippen molar-refractivity contribution in [3.05, 3.63) is 29.8 Å². The fraction of sp³-hybridized carbons (Fsp3) is 0.400. The zero-order valence-electron chi connectivity index (χ0n) is 10.6. The molecule has 0 heterocycles. The van der Waals surface area contributed by atoms with E-state index in [1.165, 1.54) is 0 Å². The minimum atomic E-state index is -0.594. The molecule has 2 N–H and O–H groups in total. The van der Waals surface area contributed by atoms with Gasteiger partial charge in [0, 0.05) is 24.1 Å². The monoisotopic (exact) mass is 245 g/mol. The van der Waals surface area contributed by atoms with Gasteiger partial charge in [-0.3, -0.25) is 4.79 Å². The summed E-state index contributed by atoms with van der Waals surface area (Å²) in [6.45, 7) is 1.68. The number of nitrogens with one attached hydrogen (secondary N) is 1. The molecule has 1 atom stereocenters. The van der Waals surface area contributed by atoms with E-state index in [0.717, 1.165) is 18.4 Å². The number of para-hydroxylation sites is 1. The average molecular weight is 245 g/mol. The van der Waals surface area contributed by atoms with E-state index < -0.39 is 6.10 Å². The molecule has 3 nitrogen and oxygen atoms in total. The second-order valence-electron chi connectivity index (χ2n) is 4.22. The maximum atomic E-state index is 11.7. The Kier molecular flexibility index (Phi) is 5.96. The smallest absolute Gasteiger partial charge is 0.224 e. The number of hydrogen-bond acceptors (Lipinski definition) is 2. The van der Waals surface area contributed by atoms with E-state index in [1.807, 2.05) is 12.1 Å². The number of rotatable bonds is 6. The van der Waals surface area contributed by atoms with Crippen LogP contribution in [0.4, 0.5) is 5.69 Å². The molecule has 0 spiro atoms. The van der Waals surface area contributed by atoms with Gasteiger partial charge in [0.1, 0.15) is 0 Å². The van der Waals surface area contributed by atoms with Gasteiger partial charge >= 0.3 is 0 Å². The predicted molar refractivity (Wildman–Crippen MR) is 73.0 cm³/mol. The molecule has 0 saturated carbocycles. The van der Waals surface area contributed by atoms with E-state index in [9.17, 15) is 9.90 Å². The number of carbonyl (C=O) groups is 1. The third-order valence-corrected chi connectivity index (χ3v) is 2.66. The van der Waals surface area contributed by atoms with Crippen LogP contribution in [0.5, 0.6) is 0 Å². The highest BCUT2D eigenvalue weighted by molar-refractivity contribution is 5.91. The van der Waals surface area contributed by atoms with E-state index in [4.69, 9.17) is 6.42 Å². The number of amides is 1. The average Bonchev–Trinajstić information content (AvgIpc) is 2.35. The molecular formula is C15H19NO2. The van der Waals surface area contributed by atoms with Crippen molar-refractivity contribution < 1.29 is 9.90 Å². The number of aliphatic hydroxyl groups is 1. The van der Waals surface area contributed by atoms with Crippen LogP contribution in [0.3, 0.4) is 0 Å². The highest BCUT2D eigenvalue weighted by atomic mass is 16.3. The Morgan fingerprint density at radius 2 is 2.17 bits per heavy atom. The van der Waals surface area contributed by atoms with Crippen molar-refractivity contribution in [2.75, 3.05) is 5.32 Å². The van der Waals surface area contributed by atoms with Crippen LogP contribution >= 0.6 is 0 Å². The van der Waals surface area contributed by atoms with E-state index >= 15 is 0 Å². The molecule has 0 aromatic heterocycles. The van der Waals surface area contributed by atoms with Gasteiger partial charge in [-0.1, -0.05) is 18.2 Å². The number of anilines is 1. The lowest BCUT2D eigenvalue weighted by Gasteiger charge is -2.12. The molecule has 0 fully saturated rings. The lowest BCUT2D eigenvalue weighted by atomic mass is 10.1. The van der Waals surface area contributed by atoms with Crippen molar-refractivity contribution in [1.82, 2.24) is 0 Å². The maximum absolute atomic E-state index is 11.7. The lowest BCUT2D eigenvalue weighted by Crippen LogP contribution is -2.13. The molecule has 0 aliphatic carbocycles.